The van der Waals surface area contributed by atoms with Crippen LogP contribution >= 0.6 is 0 Å². The molecule has 0 spiro atoms. The van der Waals surface area contributed by atoms with E-state index >= 15 is 0 Å². The van der Waals surface area contributed by atoms with Gasteiger partial charge in [0, 0.05) is 19.1 Å². The molecule has 2 unspecified atom stereocenters. The number of ether oxygens (including phenoxy) is 2. The molecule has 1 N–H and O–H groups in total. The van der Waals surface area contributed by atoms with E-state index in [1.807, 2.05) is 13.8 Å². The highest BCUT2D eigenvalue weighted by Crippen LogP contribution is 2.29. The van der Waals surface area contributed by atoms with Gasteiger partial charge in [-0.2, -0.15) is 0 Å². The van der Waals surface area contributed by atoms with Crippen molar-refractivity contribution in [2.75, 3.05) is 13.2 Å². The number of hydrogen-bond donors (Lipinski definition) is 1. The predicted octanol–water partition coefficient (Wildman–Crippen LogP) is 2.41. The first-order chi connectivity index (χ1) is 9.16. The lowest BCUT2D eigenvalue weighted by atomic mass is 9.84. The van der Waals surface area contributed by atoms with E-state index in [2.05, 4.69) is 5.32 Å². The van der Waals surface area contributed by atoms with E-state index in [9.17, 15) is 4.79 Å². The quantitative estimate of drug-likeness (QED) is 0.796. The van der Waals surface area contributed by atoms with Crippen LogP contribution in [0.15, 0.2) is 0 Å². The number of carbonyl (C=O) groups is 1. The molecule has 4 heteroatoms. The Morgan fingerprint density at radius 1 is 1.37 bits per heavy atom. The van der Waals surface area contributed by atoms with Gasteiger partial charge in [-0.15, -0.1) is 0 Å². The van der Waals surface area contributed by atoms with Crippen molar-refractivity contribution in [2.24, 2.45) is 0 Å². The lowest BCUT2D eigenvalue weighted by Gasteiger charge is -2.41. The van der Waals surface area contributed by atoms with Crippen LogP contribution in [0.2, 0.25) is 0 Å². The van der Waals surface area contributed by atoms with Crippen LogP contribution in [-0.2, 0) is 14.3 Å². The minimum atomic E-state index is -0.518. The molecule has 1 saturated heterocycles. The van der Waals surface area contributed by atoms with Crippen molar-refractivity contribution in [1.29, 1.82) is 0 Å². The molecule has 2 atom stereocenters. The van der Waals surface area contributed by atoms with E-state index in [0.29, 0.717) is 19.3 Å². The maximum atomic E-state index is 12.4. The van der Waals surface area contributed by atoms with Gasteiger partial charge in [0.2, 0.25) is 0 Å². The van der Waals surface area contributed by atoms with E-state index in [0.717, 1.165) is 12.8 Å². The highest BCUT2D eigenvalue weighted by Gasteiger charge is 2.44. The summed E-state index contributed by atoms with van der Waals surface area (Å²) in [6.07, 6.45) is 7.78. The Morgan fingerprint density at radius 2 is 2.11 bits per heavy atom. The van der Waals surface area contributed by atoms with Gasteiger partial charge in [0.25, 0.3) is 0 Å². The number of hydrogen-bond acceptors (Lipinski definition) is 4. The van der Waals surface area contributed by atoms with Crippen LogP contribution in [0.5, 0.6) is 0 Å². The summed E-state index contributed by atoms with van der Waals surface area (Å²) < 4.78 is 10.9. The van der Waals surface area contributed by atoms with E-state index < -0.39 is 5.54 Å². The third-order valence-corrected chi connectivity index (χ3v) is 4.32. The van der Waals surface area contributed by atoms with Gasteiger partial charge in [-0.25, -0.2) is 0 Å². The first-order valence-corrected chi connectivity index (χ1v) is 7.73. The smallest absolute Gasteiger partial charge is 0.326 e. The Bertz CT molecular complexity index is 302. The van der Waals surface area contributed by atoms with Gasteiger partial charge >= 0.3 is 5.97 Å². The maximum Gasteiger partial charge on any atom is 0.326 e. The molecule has 4 nitrogen and oxygen atoms in total. The van der Waals surface area contributed by atoms with E-state index in [1.165, 1.54) is 32.1 Å². The molecular weight excluding hydrogens is 242 g/mol. The largest absolute Gasteiger partial charge is 0.465 e. The number of rotatable bonds is 4. The second-order valence-corrected chi connectivity index (χ2v) is 5.92. The molecule has 0 amide bonds. The van der Waals surface area contributed by atoms with Gasteiger partial charge in [0.15, 0.2) is 0 Å². The molecule has 2 aliphatic rings. The van der Waals surface area contributed by atoms with Gasteiger partial charge in [-0.05, 0) is 33.1 Å². The highest BCUT2D eigenvalue weighted by molar-refractivity contribution is 5.81. The van der Waals surface area contributed by atoms with Crippen LogP contribution in [0.1, 0.15) is 58.8 Å². The number of nitrogens with one attached hydrogen (secondary N) is 1. The van der Waals surface area contributed by atoms with Crippen LogP contribution < -0.4 is 5.32 Å². The van der Waals surface area contributed by atoms with Gasteiger partial charge in [0.05, 0.1) is 12.7 Å². The fourth-order valence-electron chi connectivity index (χ4n) is 3.37. The van der Waals surface area contributed by atoms with E-state index in [1.54, 1.807) is 0 Å². The van der Waals surface area contributed by atoms with Gasteiger partial charge in [-0.1, -0.05) is 19.3 Å². The molecule has 1 saturated carbocycles. The predicted molar refractivity (Wildman–Crippen MR) is 74.0 cm³/mol. The minimum absolute atomic E-state index is 0.0873. The topological polar surface area (TPSA) is 47.6 Å². The molecule has 19 heavy (non-hydrogen) atoms. The molecule has 0 radical (unpaired) electrons. The minimum Gasteiger partial charge on any atom is -0.465 e. The van der Waals surface area contributed by atoms with Crippen molar-refractivity contribution >= 4 is 5.97 Å². The SMILES string of the molecule is CCOC(=O)C1(NC2CCCCC2)CCOC(C)C1. The average molecular weight is 269 g/mol. The second-order valence-electron chi connectivity index (χ2n) is 5.92. The summed E-state index contributed by atoms with van der Waals surface area (Å²) in [4.78, 5) is 12.4. The fraction of sp³-hybridized carbons (Fsp3) is 0.933. The van der Waals surface area contributed by atoms with Crippen molar-refractivity contribution in [3.63, 3.8) is 0 Å². The average Bonchev–Trinajstić information content (AvgIpc) is 2.40. The Morgan fingerprint density at radius 3 is 2.74 bits per heavy atom. The first kappa shape index (κ1) is 14.8. The summed E-state index contributed by atoms with van der Waals surface area (Å²) in [6, 6.07) is 0.462. The van der Waals surface area contributed by atoms with Crippen molar-refractivity contribution in [3.8, 4) is 0 Å². The third-order valence-electron chi connectivity index (χ3n) is 4.32. The molecule has 2 rings (SSSR count). The van der Waals surface area contributed by atoms with E-state index in [4.69, 9.17) is 9.47 Å². The lowest BCUT2D eigenvalue weighted by molar-refractivity contribution is -0.158. The number of carbonyl (C=O) groups excluding carboxylic acids is 1. The molecule has 0 bridgehead atoms. The summed E-state index contributed by atoms with van der Waals surface area (Å²) >= 11 is 0. The molecule has 1 aliphatic heterocycles. The molecule has 2 fully saturated rings. The Balaban J connectivity index is 2.06. The van der Waals surface area contributed by atoms with Gasteiger partial charge in [-0.3, -0.25) is 10.1 Å². The second kappa shape index (κ2) is 6.71. The maximum absolute atomic E-state index is 12.4. The molecule has 1 heterocycles. The molecule has 1 aliphatic carbocycles. The standard InChI is InChI=1S/C15H27NO3/c1-3-18-14(17)15(9-10-19-12(2)11-15)16-13-7-5-4-6-8-13/h12-13,16H,3-11H2,1-2H3. The molecular formula is C15H27NO3. The van der Waals surface area contributed by atoms with Crippen LogP contribution in [-0.4, -0.2) is 36.9 Å². The van der Waals surface area contributed by atoms with Crippen molar-refractivity contribution in [1.82, 2.24) is 5.32 Å². The Kier molecular flexibility index (Phi) is 5.22. The Labute approximate surface area is 116 Å². The monoisotopic (exact) mass is 269 g/mol. The highest BCUT2D eigenvalue weighted by atomic mass is 16.5. The lowest BCUT2D eigenvalue weighted by Crippen LogP contribution is -2.60. The van der Waals surface area contributed by atoms with Crippen LogP contribution in [0.4, 0.5) is 0 Å². The van der Waals surface area contributed by atoms with Gasteiger partial charge < -0.3 is 9.47 Å². The Hall–Kier alpha value is -0.610. The van der Waals surface area contributed by atoms with Crippen LogP contribution in [0.3, 0.4) is 0 Å². The summed E-state index contributed by atoms with van der Waals surface area (Å²) in [5.74, 6) is -0.0873. The zero-order chi connectivity index (χ0) is 13.7. The summed E-state index contributed by atoms with van der Waals surface area (Å²) in [5.41, 5.74) is -0.518. The number of esters is 1. The molecule has 0 aromatic rings. The zero-order valence-electron chi connectivity index (χ0n) is 12.2. The van der Waals surface area contributed by atoms with Crippen LogP contribution in [0, 0.1) is 0 Å². The summed E-state index contributed by atoms with van der Waals surface area (Å²) in [7, 11) is 0. The normalized spacial score (nSPS) is 33.1. The third kappa shape index (κ3) is 3.69. The van der Waals surface area contributed by atoms with Crippen molar-refractivity contribution in [3.05, 3.63) is 0 Å². The summed E-state index contributed by atoms with van der Waals surface area (Å²) in [6.45, 7) is 4.99. The zero-order valence-corrected chi connectivity index (χ0v) is 12.2. The van der Waals surface area contributed by atoms with E-state index in [-0.39, 0.29) is 12.1 Å². The molecule has 110 valence electrons. The van der Waals surface area contributed by atoms with Crippen molar-refractivity contribution < 1.29 is 14.3 Å². The fourth-order valence-corrected chi connectivity index (χ4v) is 3.37. The molecule has 0 aromatic heterocycles. The van der Waals surface area contributed by atoms with Crippen molar-refractivity contribution in [2.45, 2.75) is 76.5 Å². The summed E-state index contributed by atoms with van der Waals surface area (Å²) in [5, 5.41) is 3.63. The molecule has 0 aromatic carbocycles. The van der Waals surface area contributed by atoms with Crippen LogP contribution in [0.25, 0.3) is 0 Å². The van der Waals surface area contributed by atoms with Gasteiger partial charge in [0.1, 0.15) is 5.54 Å². The first-order valence-electron chi connectivity index (χ1n) is 7.73.